The maximum Gasteiger partial charge on any atom is 0.0988 e. The average Bonchev–Trinajstić information content (AvgIpc) is 2.59. The Hall–Kier alpha value is -2.29. The van der Waals surface area contributed by atoms with Crippen molar-refractivity contribution < 1.29 is 0 Å². The van der Waals surface area contributed by atoms with Gasteiger partial charge < -0.3 is 5.73 Å². The van der Waals surface area contributed by atoms with Gasteiger partial charge in [-0.05, 0) is 50.0 Å². The molecule has 0 aliphatic heterocycles. The molecule has 0 aliphatic rings. The zero-order chi connectivity index (χ0) is 17.7. The Bertz CT molecular complexity index is 586. The lowest BCUT2D eigenvalue weighted by Crippen LogP contribution is -2.04. The number of hydrogen-bond acceptors (Lipinski definition) is 2. The molecule has 0 saturated heterocycles. The van der Waals surface area contributed by atoms with Crippen LogP contribution in [0.15, 0.2) is 59.3 Å². The zero-order valence-corrected chi connectivity index (χ0v) is 14.6. The Labute approximate surface area is 141 Å². The SMILES string of the molecule is C#CC(/C(=C\C(C#N)=C/C)CC)/C(C=C)=C/C=C(\CC)CCN. The van der Waals surface area contributed by atoms with E-state index in [9.17, 15) is 0 Å². The van der Waals surface area contributed by atoms with Gasteiger partial charge in [-0.1, -0.05) is 56.2 Å². The molecule has 0 saturated carbocycles. The van der Waals surface area contributed by atoms with Gasteiger partial charge in [0.05, 0.1) is 12.0 Å². The average molecular weight is 308 g/mol. The number of hydrogen-bond donors (Lipinski definition) is 1. The number of nitrogens with two attached hydrogens (primary N) is 1. The molecule has 2 nitrogen and oxygen atoms in total. The first-order valence-electron chi connectivity index (χ1n) is 8.06. The molecule has 0 heterocycles. The van der Waals surface area contributed by atoms with E-state index in [1.54, 1.807) is 12.2 Å². The van der Waals surface area contributed by atoms with Gasteiger partial charge in [0.2, 0.25) is 0 Å². The molecule has 0 aromatic carbocycles. The number of nitriles is 1. The zero-order valence-electron chi connectivity index (χ0n) is 14.6. The van der Waals surface area contributed by atoms with Gasteiger partial charge in [0.25, 0.3) is 0 Å². The molecule has 0 rings (SSSR count). The van der Waals surface area contributed by atoms with Gasteiger partial charge in [-0.2, -0.15) is 5.26 Å². The predicted octanol–water partition coefficient (Wildman–Crippen LogP) is 4.84. The van der Waals surface area contributed by atoms with E-state index in [1.807, 2.05) is 26.0 Å². The highest BCUT2D eigenvalue weighted by atomic mass is 14.5. The third-order valence-electron chi connectivity index (χ3n) is 3.73. The monoisotopic (exact) mass is 308 g/mol. The second-order valence-corrected chi connectivity index (χ2v) is 5.12. The lowest BCUT2D eigenvalue weighted by atomic mass is 9.88. The summed E-state index contributed by atoms with van der Waals surface area (Å²) < 4.78 is 0. The summed E-state index contributed by atoms with van der Waals surface area (Å²) in [4.78, 5) is 0. The van der Waals surface area contributed by atoms with Gasteiger partial charge in [0.15, 0.2) is 0 Å². The summed E-state index contributed by atoms with van der Waals surface area (Å²) >= 11 is 0. The summed E-state index contributed by atoms with van der Waals surface area (Å²) in [6.07, 6.45) is 18.0. The number of rotatable bonds is 9. The van der Waals surface area contributed by atoms with Gasteiger partial charge in [-0.3, -0.25) is 0 Å². The van der Waals surface area contributed by atoms with Gasteiger partial charge in [-0.15, -0.1) is 6.42 Å². The Morgan fingerprint density at radius 2 is 2.00 bits per heavy atom. The van der Waals surface area contributed by atoms with Crippen molar-refractivity contribution in [3.05, 3.63) is 59.3 Å². The lowest BCUT2D eigenvalue weighted by Gasteiger charge is -2.15. The fourth-order valence-electron chi connectivity index (χ4n) is 2.25. The Kier molecular flexibility index (Phi) is 11.1. The van der Waals surface area contributed by atoms with E-state index in [1.165, 1.54) is 5.57 Å². The van der Waals surface area contributed by atoms with Gasteiger partial charge in [0, 0.05) is 5.57 Å². The molecule has 2 heteroatoms. The van der Waals surface area contributed by atoms with Crippen molar-refractivity contribution in [2.45, 2.75) is 40.0 Å². The van der Waals surface area contributed by atoms with Crippen LogP contribution in [0.1, 0.15) is 40.0 Å². The van der Waals surface area contributed by atoms with Crippen LogP contribution in [0.4, 0.5) is 0 Å². The first kappa shape index (κ1) is 20.7. The summed E-state index contributed by atoms with van der Waals surface area (Å²) in [7, 11) is 0. The van der Waals surface area contributed by atoms with Crippen LogP contribution in [0, 0.1) is 29.6 Å². The third-order valence-corrected chi connectivity index (χ3v) is 3.73. The van der Waals surface area contributed by atoms with Gasteiger partial charge in [-0.25, -0.2) is 0 Å². The highest BCUT2D eigenvalue weighted by molar-refractivity contribution is 5.43. The van der Waals surface area contributed by atoms with E-state index < -0.39 is 0 Å². The quantitative estimate of drug-likeness (QED) is 0.376. The predicted molar refractivity (Wildman–Crippen MR) is 100 cm³/mol. The van der Waals surface area contributed by atoms with Gasteiger partial charge >= 0.3 is 0 Å². The van der Waals surface area contributed by atoms with Crippen LogP contribution < -0.4 is 5.73 Å². The van der Waals surface area contributed by atoms with E-state index >= 15 is 0 Å². The number of nitrogens with zero attached hydrogens (tertiary/aromatic N) is 1. The Morgan fingerprint density at radius 1 is 1.30 bits per heavy atom. The van der Waals surface area contributed by atoms with Crippen LogP contribution in [0.25, 0.3) is 0 Å². The molecular formula is C21H28N2. The first-order chi connectivity index (χ1) is 11.1. The molecule has 0 aromatic rings. The minimum absolute atomic E-state index is 0.173. The number of allylic oxidation sites excluding steroid dienone is 8. The first-order valence-corrected chi connectivity index (χ1v) is 8.06. The summed E-state index contributed by atoms with van der Waals surface area (Å²) in [6, 6.07) is 2.17. The molecule has 0 radical (unpaired) electrons. The highest BCUT2D eigenvalue weighted by Crippen LogP contribution is 2.25. The van der Waals surface area contributed by atoms with Crippen LogP contribution in [-0.2, 0) is 0 Å². The number of terminal acetylenes is 1. The van der Waals surface area contributed by atoms with Crippen molar-refractivity contribution in [3.8, 4) is 18.4 Å². The molecule has 1 unspecified atom stereocenters. The molecule has 0 bridgehead atoms. The van der Waals surface area contributed by atoms with Crippen LogP contribution in [-0.4, -0.2) is 6.54 Å². The van der Waals surface area contributed by atoms with Crippen LogP contribution in [0.5, 0.6) is 0 Å². The van der Waals surface area contributed by atoms with Crippen molar-refractivity contribution in [2.75, 3.05) is 6.54 Å². The molecule has 23 heavy (non-hydrogen) atoms. The second-order valence-electron chi connectivity index (χ2n) is 5.12. The van der Waals surface area contributed by atoms with Crippen LogP contribution >= 0.6 is 0 Å². The maximum atomic E-state index is 9.12. The maximum absolute atomic E-state index is 9.12. The lowest BCUT2D eigenvalue weighted by molar-refractivity contribution is 0.875. The molecular weight excluding hydrogens is 280 g/mol. The minimum atomic E-state index is -0.173. The molecule has 0 spiro atoms. The Morgan fingerprint density at radius 3 is 2.39 bits per heavy atom. The van der Waals surface area contributed by atoms with Crippen molar-refractivity contribution in [1.29, 1.82) is 5.26 Å². The largest absolute Gasteiger partial charge is 0.330 e. The summed E-state index contributed by atoms with van der Waals surface area (Å²) in [5, 5.41) is 9.12. The molecule has 122 valence electrons. The summed E-state index contributed by atoms with van der Waals surface area (Å²) in [5.74, 6) is 2.66. The fourth-order valence-corrected chi connectivity index (χ4v) is 2.25. The minimum Gasteiger partial charge on any atom is -0.330 e. The molecule has 2 N–H and O–H groups in total. The van der Waals surface area contributed by atoms with Crippen LogP contribution in [0.2, 0.25) is 0 Å². The molecule has 0 aliphatic carbocycles. The summed E-state index contributed by atoms with van der Waals surface area (Å²) in [5.41, 5.74) is 9.55. The highest BCUT2D eigenvalue weighted by Gasteiger charge is 2.13. The fraction of sp³-hybridized carbons (Fsp3) is 0.381. The van der Waals surface area contributed by atoms with E-state index in [0.717, 1.165) is 30.4 Å². The Balaban J connectivity index is 5.75. The molecule has 0 aromatic heterocycles. The van der Waals surface area contributed by atoms with E-state index in [0.29, 0.717) is 12.1 Å². The van der Waals surface area contributed by atoms with Crippen LogP contribution in [0.3, 0.4) is 0 Å². The second kappa shape index (κ2) is 12.3. The molecule has 1 atom stereocenters. The molecule has 0 fully saturated rings. The van der Waals surface area contributed by atoms with Crippen molar-refractivity contribution >= 4 is 0 Å². The van der Waals surface area contributed by atoms with Gasteiger partial charge in [0.1, 0.15) is 0 Å². The van der Waals surface area contributed by atoms with E-state index in [-0.39, 0.29) is 5.92 Å². The smallest absolute Gasteiger partial charge is 0.0988 e. The molecule has 0 amide bonds. The summed E-state index contributed by atoms with van der Waals surface area (Å²) in [6.45, 7) is 10.5. The van der Waals surface area contributed by atoms with E-state index in [2.05, 4.69) is 31.6 Å². The normalized spacial score (nSPS) is 14.9. The van der Waals surface area contributed by atoms with Crippen molar-refractivity contribution in [3.63, 3.8) is 0 Å². The topological polar surface area (TPSA) is 49.8 Å². The third kappa shape index (κ3) is 7.00. The van der Waals surface area contributed by atoms with Crippen molar-refractivity contribution in [2.24, 2.45) is 11.7 Å². The van der Waals surface area contributed by atoms with Crippen molar-refractivity contribution in [1.82, 2.24) is 0 Å². The standard InChI is InChI=1S/C21H28N2/c1-6-17(13-14-22)11-12-19(8-3)21(10-5)20(9-4)15-18(7-2)16-23/h5,7-8,11-12,15,21H,3,6,9,13-14,22H2,1-2,4H3/b17-11+,18-7+,19-12+,20-15-. The van der Waals surface area contributed by atoms with E-state index in [4.69, 9.17) is 17.4 Å².